The first-order valence-corrected chi connectivity index (χ1v) is 11.9. The average Bonchev–Trinajstić information content (AvgIpc) is 3.50. The molecule has 1 unspecified atom stereocenters. The van der Waals surface area contributed by atoms with E-state index in [1.54, 1.807) is 28.4 Å². The van der Waals surface area contributed by atoms with E-state index < -0.39 is 0 Å². The molecule has 5 aromatic rings. The second-order valence-corrected chi connectivity index (χ2v) is 9.08. The molecule has 0 bridgehead atoms. The Morgan fingerprint density at radius 3 is 2.78 bits per heavy atom. The molecule has 0 saturated carbocycles. The van der Waals surface area contributed by atoms with Crippen LogP contribution in [0.2, 0.25) is 0 Å². The monoisotopic (exact) mass is 495 g/mol. The quantitative estimate of drug-likeness (QED) is 0.379. The van der Waals surface area contributed by atoms with Crippen molar-refractivity contribution in [1.29, 1.82) is 0 Å². The number of fused-ring (bicyclic) bond motifs is 2. The molecular weight excluding hydrogens is 470 g/mol. The molecule has 6 rings (SSSR count). The smallest absolute Gasteiger partial charge is 0.226 e. The van der Waals surface area contributed by atoms with Gasteiger partial charge < -0.3 is 14.8 Å². The molecule has 2 aromatic carbocycles. The maximum Gasteiger partial charge on any atom is 0.226 e. The molecule has 0 radical (unpaired) electrons. The van der Waals surface area contributed by atoms with Gasteiger partial charge in [-0.05, 0) is 49.2 Å². The van der Waals surface area contributed by atoms with Crippen molar-refractivity contribution in [2.45, 2.75) is 32.8 Å². The van der Waals surface area contributed by atoms with Crippen molar-refractivity contribution >= 4 is 17.4 Å². The number of benzene rings is 2. The van der Waals surface area contributed by atoms with Gasteiger partial charge in [0.05, 0.1) is 12.8 Å². The summed E-state index contributed by atoms with van der Waals surface area (Å²) in [6, 6.07) is 17.6. The number of nitrogens with one attached hydrogen (secondary N) is 1. The minimum absolute atomic E-state index is 0.0947. The summed E-state index contributed by atoms with van der Waals surface area (Å²) in [7, 11) is 1.62. The van der Waals surface area contributed by atoms with Crippen LogP contribution in [-0.4, -0.2) is 42.6 Å². The van der Waals surface area contributed by atoms with Crippen molar-refractivity contribution in [2.75, 3.05) is 12.4 Å². The van der Waals surface area contributed by atoms with E-state index in [0.717, 1.165) is 22.4 Å². The molecule has 0 spiro atoms. The second-order valence-electron chi connectivity index (χ2n) is 9.08. The van der Waals surface area contributed by atoms with Crippen molar-refractivity contribution in [3.63, 3.8) is 0 Å². The number of rotatable bonds is 6. The Morgan fingerprint density at radius 1 is 1.05 bits per heavy atom. The number of hydrogen-bond acceptors (Lipinski definition) is 7. The van der Waals surface area contributed by atoms with Crippen molar-refractivity contribution < 1.29 is 14.3 Å². The molecule has 0 fully saturated rings. The number of aromatic nitrogens is 6. The number of ether oxygens (including phenoxy) is 2. The van der Waals surface area contributed by atoms with E-state index in [9.17, 15) is 4.79 Å². The minimum atomic E-state index is -0.198. The van der Waals surface area contributed by atoms with Gasteiger partial charge in [-0.2, -0.15) is 14.3 Å². The van der Waals surface area contributed by atoms with Crippen LogP contribution in [-0.2, 0) is 11.4 Å². The van der Waals surface area contributed by atoms with Gasteiger partial charge in [0.25, 0.3) is 0 Å². The lowest BCUT2D eigenvalue weighted by molar-refractivity contribution is -0.116. The molecule has 0 saturated heterocycles. The number of amides is 1. The lowest BCUT2D eigenvalue weighted by Gasteiger charge is -2.25. The summed E-state index contributed by atoms with van der Waals surface area (Å²) >= 11 is 0. The fourth-order valence-electron chi connectivity index (χ4n) is 4.81. The summed E-state index contributed by atoms with van der Waals surface area (Å²) in [6.07, 6.45) is 1.82. The highest BCUT2D eigenvalue weighted by Crippen LogP contribution is 2.42. The number of anilines is 1. The fraction of sp³-hybridized carbons (Fsp3) is 0.222. The zero-order valence-corrected chi connectivity index (χ0v) is 20.7. The number of methoxy groups -OCH3 is 1. The number of carbonyl (C=O) groups is 1. The van der Waals surface area contributed by atoms with Gasteiger partial charge in [0.2, 0.25) is 5.91 Å². The zero-order valence-electron chi connectivity index (χ0n) is 20.7. The molecule has 186 valence electrons. The lowest BCUT2D eigenvalue weighted by atomic mass is 9.85. The molecule has 3 aromatic heterocycles. The van der Waals surface area contributed by atoms with Gasteiger partial charge in [-0.15, -0.1) is 15.3 Å². The fourth-order valence-corrected chi connectivity index (χ4v) is 4.81. The zero-order chi connectivity index (χ0) is 25.5. The predicted molar refractivity (Wildman–Crippen MR) is 136 cm³/mol. The molecule has 37 heavy (non-hydrogen) atoms. The largest absolute Gasteiger partial charge is 0.493 e. The van der Waals surface area contributed by atoms with Crippen LogP contribution < -0.4 is 14.8 Å². The van der Waals surface area contributed by atoms with Crippen LogP contribution >= 0.6 is 0 Å². The van der Waals surface area contributed by atoms with Crippen molar-refractivity contribution in [1.82, 2.24) is 29.6 Å². The average molecular weight is 496 g/mol. The third-order valence-corrected chi connectivity index (χ3v) is 6.53. The Morgan fingerprint density at radius 2 is 1.95 bits per heavy atom. The third-order valence-electron chi connectivity index (χ3n) is 6.53. The molecule has 1 aliphatic heterocycles. The summed E-state index contributed by atoms with van der Waals surface area (Å²) in [5, 5.41) is 20.1. The highest BCUT2D eigenvalue weighted by molar-refractivity contribution is 5.95. The highest BCUT2D eigenvalue weighted by atomic mass is 16.5. The van der Waals surface area contributed by atoms with Crippen LogP contribution in [0.3, 0.4) is 0 Å². The number of aryl methyl sites for hydroxylation is 2. The van der Waals surface area contributed by atoms with Gasteiger partial charge in [-0.1, -0.05) is 35.9 Å². The normalized spacial score (nSPS) is 14.9. The Hall–Kier alpha value is -4.73. The molecule has 4 heterocycles. The predicted octanol–water partition coefficient (Wildman–Crippen LogP) is 3.99. The first-order valence-electron chi connectivity index (χ1n) is 11.9. The summed E-state index contributed by atoms with van der Waals surface area (Å²) in [6.45, 7) is 4.43. The first kappa shape index (κ1) is 22.7. The van der Waals surface area contributed by atoms with Crippen LogP contribution in [0.1, 0.15) is 40.3 Å². The molecule has 10 heteroatoms. The Balaban J connectivity index is 1.34. The maximum atomic E-state index is 12.8. The summed E-state index contributed by atoms with van der Waals surface area (Å²) in [5.74, 6) is 2.13. The van der Waals surface area contributed by atoms with Crippen molar-refractivity contribution in [2.24, 2.45) is 0 Å². The van der Waals surface area contributed by atoms with Crippen LogP contribution in [0, 0.1) is 13.8 Å². The topological polar surface area (TPSA) is 108 Å². The van der Waals surface area contributed by atoms with Crippen LogP contribution in [0.5, 0.6) is 11.5 Å². The molecule has 1 aliphatic rings. The van der Waals surface area contributed by atoms with E-state index in [1.807, 2.05) is 37.3 Å². The third kappa shape index (κ3) is 4.16. The number of nitrogens with zero attached hydrogens (tertiary/aromatic N) is 6. The van der Waals surface area contributed by atoms with Gasteiger partial charge in [0, 0.05) is 17.9 Å². The Kier molecular flexibility index (Phi) is 5.56. The summed E-state index contributed by atoms with van der Waals surface area (Å²) in [4.78, 5) is 12.8. The molecular formula is C27H25N7O3. The van der Waals surface area contributed by atoms with E-state index in [-0.39, 0.29) is 11.8 Å². The summed E-state index contributed by atoms with van der Waals surface area (Å²) < 4.78 is 15.0. The lowest BCUT2D eigenvalue weighted by Crippen LogP contribution is -2.25. The standard InChI is InChI=1S/C27H25N7O3/c1-16-5-4-6-18(11-16)14-37-21-8-7-19(12-22(21)36-3)20-13-25(35)29-27-26(20)17(2)31-34(27)24-10-9-23-30-28-15-33(23)32-24/h4-12,15,20H,13-14H2,1-3H3,(H,29,35). The second kappa shape index (κ2) is 9.05. The molecule has 10 nitrogen and oxygen atoms in total. The van der Waals surface area contributed by atoms with E-state index in [4.69, 9.17) is 14.6 Å². The van der Waals surface area contributed by atoms with E-state index in [1.165, 1.54) is 11.9 Å². The van der Waals surface area contributed by atoms with Crippen LogP contribution in [0.15, 0.2) is 60.9 Å². The van der Waals surface area contributed by atoms with Crippen LogP contribution in [0.4, 0.5) is 5.82 Å². The number of carbonyl (C=O) groups excluding carboxylic acids is 1. The first-order chi connectivity index (χ1) is 18.0. The number of hydrogen-bond donors (Lipinski definition) is 1. The Labute approximate surface area is 212 Å². The van der Waals surface area contributed by atoms with Gasteiger partial charge >= 0.3 is 0 Å². The molecule has 0 aliphatic carbocycles. The van der Waals surface area contributed by atoms with Crippen LogP contribution in [0.25, 0.3) is 11.5 Å². The van der Waals surface area contributed by atoms with Gasteiger partial charge in [0.15, 0.2) is 23.0 Å². The van der Waals surface area contributed by atoms with E-state index in [2.05, 4.69) is 39.7 Å². The SMILES string of the molecule is COc1cc(C2CC(=O)Nc3c2c(C)nn3-c2ccc3nncn3n2)ccc1OCc1cccc(C)c1. The van der Waals surface area contributed by atoms with Gasteiger partial charge in [-0.3, -0.25) is 4.79 Å². The van der Waals surface area contributed by atoms with E-state index >= 15 is 0 Å². The van der Waals surface area contributed by atoms with Crippen molar-refractivity contribution in [3.05, 3.63) is 88.9 Å². The minimum Gasteiger partial charge on any atom is -0.493 e. The maximum absolute atomic E-state index is 12.8. The van der Waals surface area contributed by atoms with Crippen molar-refractivity contribution in [3.8, 4) is 17.3 Å². The highest BCUT2D eigenvalue weighted by Gasteiger charge is 2.33. The van der Waals surface area contributed by atoms with Gasteiger partial charge in [-0.25, -0.2) is 0 Å². The Bertz CT molecular complexity index is 1640. The molecule has 1 atom stereocenters. The van der Waals surface area contributed by atoms with Gasteiger partial charge in [0.1, 0.15) is 18.8 Å². The molecule has 1 amide bonds. The molecule has 1 N–H and O–H groups in total. The van der Waals surface area contributed by atoms with E-state index in [0.29, 0.717) is 41.8 Å². The summed E-state index contributed by atoms with van der Waals surface area (Å²) in [5.41, 5.74) is 5.59.